The van der Waals surface area contributed by atoms with Crippen molar-refractivity contribution in [3.05, 3.63) is 77.9 Å². The molecule has 1 atom stereocenters. The van der Waals surface area contributed by atoms with Crippen molar-refractivity contribution in [2.24, 2.45) is 0 Å². The van der Waals surface area contributed by atoms with Gasteiger partial charge in [-0.3, -0.25) is 13.9 Å². The molecule has 0 unspecified atom stereocenters. The zero-order valence-electron chi connectivity index (χ0n) is 25.6. The second-order valence-corrected chi connectivity index (χ2v) is 11.8. The van der Waals surface area contributed by atoms with Crippen molar-refractivity contribution in [3.8, 4) is 17.2 Å². The van der Waals surface area contributed by atoms with Gasteiger partial charge in [0.05, 0.1) is 31.4 Å². The van der Waals surface area contributed by atoms with Crippen molar-refractivity contribution >= 4 is 27.5 Å². The highest BCUT2D eigenvalue weighted by Gasteiger charge is 2.33. The maximum absolute atomic E-state index is 14.2. The van der Waals surface area contributed by atoms with E-state index >= 15 is 0 Å². The van der Waals surface area contributed by atoms with Crippen LogP contribution in [0.4, 0.5) is 5.69 Å². The number of carbonyl (C=O) groups excluding carboxylic acids is 2. The van der Waals surface area contributed by atoms with Crippen LogP contribution in [-0.4, -0.2) is 65.1 Å². The van der Waals surface area contributed by atoms with Gasteiger partial charge in [-0.2, -0.15) is 0 Å². The lowest BCUT2D eigenvalue weighted by atomic mass is 10.1. The minimum Gasteiger partial charge on any atom is -0.494 e. The van der Waals surface area contributed by atoms with Gasteiger partial charge in [-0.1, -0.05) is 36.8 Å². The van der Waals surface area contributed by atoms with Gasteiger partial charge in [0.15, 0.2) is 11.5 Å². The van der Waals surface area contributed by atoms with Gasteiger partial charge in [0, 0.05) is 19.2 Å². The van der Waals surface area contributed by atoms with Crippen LogP contribution in [0.15, 0.2) is 71.6 Å². The van der Waals surface area contributed by atoms with Crippen LogP contribution in [0.2, 0.25) is 0 Å². The lowest BCUT2D eigenvalue weighted by Gasteiger charge is -2.32. The van der Waals surface area contributed by atoms with Crippen LogP contribution in [0.5, 0.6) is 17.2 Å². The Labute approximate surface area is 254 Å². The van der Waals surface area contributed by atoms with Gasteiger partial charge in [-0.25, -0.2) is 8.42 Å². The predicted molar refractivity (Wildman–Crippen MR) is 166 cm³/mol. The fourth-order valence-corrected chi connectivity index (χ4v) is 5.92. The average molecular weight is 612 g/mol. The lowest BCUT2D eigenvalue weighted by molar-refractivity contribution is -0.139. The molecule has 43 heavy (non-hydrogen) atoms. The Bertz CT molecular complexity index is 1490. The molecule has 0 aliphatic carbocycles. The molecule has 0 fully saturated rings. The van der Waals surface area contributed by atoms with Gasteiger partial charge < -0.3 is 24.4 Å². The third-order valence-electron chi connectivity index (χ3n) is 6.81. The Kier molecular flexibility index (Phi) is 11.8. The molecule has 2 amide bonds. The molecule has 0 spiro atoms. The Morgan fingerprint density at radius 3 is 2.23 bits per heavy atom. The third-order valence-corrected chi connectivity index (χ3v) is 8.58. The molecule has 0 aliphatic rings. The number of sulfonamides is 1. The summed E-state index contributed by atoms with van der Waals surface area (Å²) in [5, 5.41) is 2.84. The summed E-state index contributed by atoms with van der Waals surface area (Å²) in [5.74, 6) is 0.283. The molecule has 3 aromatic rings. The van der Waals surface area contributed by atoms with E-state index in [1.54, 1.807) is 31.2 Å². The van der Waals surface area contributed by atoms with Crippen LogP contribution in [0.1, 0.15) is 38.3 Å². The smallest absolute Gasteiger partial charge is 0.264 e. The summed E-state index contributed by atoms with van der Waals surface area (Å²) in [6.45, 7) is 7.84. The quantitative estimate of drug-likeness (QED) is 0.268. The number of ether oxygens (including phenoxy) is 3. The van der Waals surface area contributed by atoms with Crippen LogP contribution in [0, 0.1) is 6.92 Å². The molecule has 0 heterocycles. The number of nitrogens with zero attached hydrogens (tertiary/aromatic N) is 2. The van der Waals surface area contributed by atoms with Crippen molar-refractivity contribution in [1.29, 1.82) is 0 Å². The topological polar surface area (TPSA) is 114 Å². The highest BCUT2D eigenvalue weighted by atomic mass is 32.2. The molecule has 0 saturated heterocycles. The molecular formula is C32H41N3O7S. The van der Waals surface area contributed by atoms with Gasteiger partial charge in [-0.05, 0) is 69.2 Å². The van der Waals surface area contributed by atoms with Gasteiger partial charge in [0.2, 0.25) is 11.8 Å². The van der Waals surface area contributed by atoms with E-state index in [0.717, 1.165) is 21.9 Å². The van der Waals surface area contributed by atoms with Crippen LogP contribution < -0.4 is 23.8 Å². The summed E-state index contributed by atoms with van der Waals surface area (Å²) in [6, 6.07) is 17.5. The van der Waals surface area contributed by atoms with E-state index in [0.29, 0.717) is 24.7 Å². The van der Waals surface area contributed by atoms with Crippen LogP contribution in [0.25, 0.3) is 0 Å². The Hall–Kier alpha value is -4.25. The molecule has 0 radical (unpaired) electrons. The molecule has 0 aromatic heterocycles. The highest BCUT2D eigenvalue weighted by Crippen LogP contribution is 2.33. The number of aryl methyl sites for hydroxylation is 1. The third kappa shape index (κ3) is 8.41. The number of hydrogen-bond donors (Lipinski definition) is 1. The molecular weight excluding hydrogens is 570 g/mol. The van der Waals surface area contributed by atoms with Crippen molar-refractivity contribution in [2.45, 2.75) is 51.6 Å². The summed E-state index contributed by atoms with van der Waals surface area (Å²) >= 11 is 0. The number of anilines is 1. The summed E-state index contributed by atoms with van der Waals surface area (Å²) in [4.78, 5) is 28.4. The fourth-order valence-electron chi connectivity index (χ4n) is 4.49. The number of amides is 2. The van der Waals surface area contributed by atoms with E-state index in [2.05, 4.69) is 5.32 Å². The number of hydrogen-bond acceptors (Lipinski definition) is 7. The fraction of sp³-hybridized carbons (Fsp3) is 0.375. The summed E-state index contributed by atoms with van der Waals surface area (Å²) in [7, 11) is -1.43. The van der Waals surface area contributed by atoms with E-state index in [1.807, 2.05) is 45.0 Å². The van der Waals surface area contributed by atoms with Gasteiger partial charge in [-0.15, -0.1) is 0 Å². The number of benzene rings is 3. The molecule has 0 saturated carbocycles. The monoisotopic (exact) mass is 611 g/mol. The molecule has 11 heteroatoms. The second kappa shape index (κ2) is 15.3. The normalized spacial score (nSPS) is 11.8. The standard InChI is InChI=1S/C32H41N3O7S/c1-7-18-33-32(37)24(4)34(21-25-11-9-10-23(3)19-25)31(36)22-35(26-12-14-27(15-13-26)42-8-2)43(38,39)28-16-17-29(40-5)30(20-28)41-6/h9-17,19-20,24H,7-8,18,21-22H2,1-6H3,(H,33,37)/t24-/m0/s1. The average Bonchev–Trinajstić information content (AvgIpc) is 3.01. The Morgan fingerprint density at radius 2 is 1.63 bits per heavy atom. The predicted octanol–water partition coefficient (Wildman–Crippen LogP) is 4.55. The summed E-state index contributed by atoms with van der Waals surface area (Å²) in [6.07, 6.45) is 0.735. The highest BCUT2D eigenvalue weighted by molar-refractivity contribution is 7.92. The van der Waals surface area contributed by atoms with E-state index in [4.69, 9.17) is 14.2 Å². The van der Waals surface area contributed by atoms with Crippen molar-refractivity contribution < 1.29 is 32.2 Å². The lowest BCUT2D eigenvalue weighted by Crippen LogP contribution is -2.51. The summed E-state index contributed by atoms with van der Waals surface area (Å²) in [5.41, 5.74) is 2.07. The van der Waals surface area contributed by atoms with E-state index < -0.39 is 28.5 Å². The van der Waals surface area contributed by atoms with Crippen molar-refractivity contribution in [2.75, 3.05) is 38.2 Å². The van der Waals surface area contributed by atoms with E-state index in [-0.39, 0.29) is 28.8 Å². The van der Waals surface area contributed by atoms with Crippen molar-refractivity contribution in [1.82, 2.24) is 10.2 Å². The first kappa shape index (κ1) is 33.3. The number of rotatable bonds is 15. The minimum atomic E-state index is -4.30. The Balaban J connectivity index is 2.07. The second-order valence-electron chi connectivity index (χ2n) is 9.93. The molecule has 0 bridgehead atoms. The van der Waals surface area contributed by atoms with Crippen LogP contribution >= 0.6 is 0 Å². The van der Waals surface area contributed by atoms with Crippen LogP contribution in [-0.2, 0) is 26.2 Å². The first-order chi connectivity index (χ1) is 20.5. The molecule has 3 aromatic carbocycles. The first-order valence-corrected chi connectivity index (χ1v) is 15.6. The molecule has 0 aliphatic heterocycles. The van der Waals surface area contributed by atoms with Crippen LogP contribution in [0.3, 0.4) is 0 Å². The van der Waals surface area contributed by atoms with E-state index in [9.17, 15) is 18.0 Å². The molecule has 1 N–H and O–H groups in total. The molecule has 232 valence electrons. The van der Waals surface area contributed by atoms with E-state index in [1.165, 1.54) is 37.3 Å². The maximum atomic E-state index is 14.2. The SMILES string of the molecule is CCCNC(=O)[C@H](C)N(Cc1cccc(C)c1)C(=O)CN(c1ccc(OCC)cc1)S(=O)(=O)c1ccc(OC)c(OC)c1. The zero-order chi connectivity index (χ0) is 31.6. The zero-order valence-corrected chi connectivity index (χ0v) is 26.4. The first-order valence-electron chi connectivity index (χ1n) is 14.2. The maximum Gasteiger partial charge on any atom is 0.264 e. The van der Waals surface area contributed by atoms with Gasteiger partial charge in [0.25, 0.3) is 10.0 Å². The largest absolute Gasteiger partial charge is 0.494 e. The number of nitrogens with one attached hydrogen (secondary N) is 1. The van der Waals surface area contributed by atoms with Crippen molar-refractivity contribution in [3.63, 3.8) is 0 Å². The Morgan fingerprint density at radius 1 is 0.930 bits per heavy atom. The van der Waals surface area contributed by atoms with Gasteiger partial charge >= 0.3 is 0 Å². The minimum absolute atomic E-state index is 0.0918. The molecule has 10 nitrogen and oxygen atoms in total. The molecule has 3 rings (SSSR count). The van der Waals surface area contributed by atoms with Gasteiger partial charge in [0.1, 0.15) is 18.3 Å². The number of carbonyl (C=O) groups is 2. The summed E-state index contributed by atoms with van der Waals surface area (Å²) < 4.78 is 45.5. The number of methoxy groups -OCH3 is 2.